The van der Waals surface area contributed by atoms with Crippen LogP contribution in [0.2, 0.25) is 0 Å². The molecule has 0 aliphatic heterocycles. The number of hydrogen-bond acceptors (Lipinski definition) is 7. The van der Waals surface area contributed by atoms with Crippen molar-refractivity contribution >= 4 is 23.2 Å². The third-order valence-electron chi connectivity index (χ3n) is 3.47. The number of furan rings is 1. The predicted molar refractivity (Wildman–Crippen MR) is 93.3 cm³/mol. The molecule has 0 atom stereocenters. The van der Waals surface area contributed by atoms with Crippen molar-refractivity contribution in [2.45, 2.75) is 6.54 Å². The van der Waals surface area contributed by atoms with Crippen LogP contribution in [0.15, 0.2) is 64.9 Å². The highest BCUT2D eigenvalue weighted by atomic mass is 32.1. The summed E-state index contributed by atoms with van der Waals surface area (Å²) in [5.74, 6) is 0.921. The molecule has 0 saturated heterocycles. The summed E-state index contributed by atoms with van der Waals surface area (Å²) in [6.07, 6.45) is 4.67. The predicted octanol–water partition coefficient (Wildman–Crippen LogP) is 3.30. The van der Waals surface area contributed by atoms with Gasteiger partial charge in [0, 0.05) is 22.8 Å². The summed E-state index contributed by atoms with van der Waals surface area (Å²) < 4.78 is 6.59. The van der Waals surface area contributed by atoms with Crippen LogP contribution < -0.4 is 5.32 Å². The fraction of sp³-hybridized carbons (Fsp3) is 0.0588. The van der Waals surface area contributed by atoms with Crippen molar-refractivity contribution < 1.29 is 9.21 Å². The Hall–Kier alpha value is -3.26. The molecular weight excluding hydrogens is 338 g/mol. The zero-order valence-electron chi connectivity index (χ0n) is 13.0. The van der Waals surface area contributed by atoms with Gasteiger partial charge in [-0.2, -0.15) is 9.67 Å². The van der Waals surface area contributed by atoms with Crippen molar-refractivity contribution in [1.82, 2.24) is 19.7 Å². The van der Waals surface area contributed by atoms with E-state index < -0.39 is 0 Å². The maximum atomic E-state index is 12.8. The van der Waals surface area contributed by atoms with Gasteiger partial charge in [0.15, 0.2) is 5.76 Å². The molecule has 4 aromatic heterocycles. The van der Waals surface area contributed by atoms with Gasteiger partial charge >= 0.3 is 0 Å². The Kier molecular flexibility index (Phi) is 4.09. The second kappa shape index (κ2) is 6.70. The summed E-state index contributed by atoms with van der Waals surface area (Å²) >= 11 is 1.63. The van der Waals surface area contributed by atoms with Crippen molar-refractivity contribution in [2.24, 2.45) is 0 Å². The van der Waals surface area contributed by atoms with Crippen molar-refractivity contribution in [3.8, 4) is 11.6 Å². The Labute approximate surface area is 147 Å². The number of aromatic nitrogens is 4. The minimum absolute atomic E-state index is 0.290. The standard InChI is InChI=1S/C17H13N5O2S/c23-16(12-5-7-18-8-6-12)22-17(19-11-13-3-2-10-25-13)20-15(21-22)14-4-1-9-24-14/h1-10H,11H2,(H,19,20,21). The summed E-state index contributed by atoms with van der Waals surface area (Å²) in [7, 11) is 0. The van der Waals surface area contributed by atoms with Gasteiger partial charge in [-0.15, -0.1) is 16.4 Å². The molecule has 7 nitrogen and oxygen atoms in total. The lowest BCUT2D eigenvalue weighted by Gasteiger charge is -2.06. The van der Waals surface area contributed by atoms with E-state index in [4.69, 9.17) is 4.42 Å². The number of carbonyl (C=O) groups excluding carboxylic acids is 1. The van der Waals surface area contributed by atoms with E-state index in [0.29, 0.717) is 29.6 Å². The lowest BCUT2D eigenvalue weighted by Crippen LogP contribution is -2.17. The van der Waals surface area contributed by atoms with Crippen LogP contribution in [0.5, 0.6) is 0 Å². The number of nitrogens with zero attached hydrogens (tertiary/aromatic N) is 4. The minimum atomic E-state index is -0.290. The average molecular weight is 351 g/mol. The van der Waals surface area contributed by atoms with Crippen LogP contribution in [-0.4, -0.2) is 25.7 Å². The molecule has 4 heterocycles. The summed E-state index contributed by atoms with van der Waals surface area (Å²) in [4.78, 5) is 22.3. The molecule has 0 radical (unpaired) electrons. The fourth-order valence-corrected chi connectivity index (χ4v) is 2.92. The molecule has 0 aromatic carbocycles. The summed E-state index contributed by atoms with van der Waals surface area (Å²) in [5.41, 5.74) is 0.477. The van der Waals surface area contributed by atoms with Crippen LogP contribution in [0.25, 0.3) is 11.6 Å². The summed E-state index contributed by atoms with van der Waals surface area (Å²) in [5, 5.41) is 9.48. The van der Waals surface area contributed by atoms with Gasteiger partial charge in [0.1, 0.15) is 0 Å². The molecule has 0 amide bonds. The highest BCUT2D eigenvalue weighted by Gasteiger charge is 2.19. The number of nitrogens with one attached hydrogen (secondary N) is 1. The first-order valence-electron chi connectivity index (χ1n) is 7.53. The van der Waals surface area contributed by atoms with Crippen molar-refractivity contribution in [1.29, 1.82) is 0 Å². The number of hydrogen-bond donors (Lipinski definition) is 1. The van der Waals surface area contributed by atoms with Gasteiger partial charge in [-0.25, -0.2) is 0 Å². The van der Waals surface area contributed by atoms with Crippen LogP contribution in [0.4, 0.5) is 5.95 Å². The van der Waals surface area contributed by atoms with Crippen LogP contribution >= 0.6 is 11.3 Å². The van der Waals surface area contributed by atoms with Gasteiger partial charge in [0.25, 0.3) is 5.91 Å². The Morgan fingerprint density at radius 3 is 2.80 bits per heavy atom. The molecule has 1 N–H and O–H groups in total. The third-order valence-corrected chi connectivity index (χ3v) is 4.35. The van der Waals surface area contributed by atoms with Crippen molar-refractivity contribution in [3.05, 3.63) is 70.9 Å². The molecule has 4 rings (SSSR count). The van der Waals surface area contributed by atoms with Crippen LogP contribution in [0, 0.1) is 0 Å². The maximum absolute atomic E-state index is 12.8. The molecule has 0 unspecified atom stereocenters. The van der Waals surface area contributed by atoms with E-state index in [2.05, 4.69) is 20.4 Å². The summed E-state index contributed by atoms with van der Waals surface area (Å²) in [6, 6.07) is 10.8. The third kappa shape index (κ3) is 3.20. The van der Waals surface area contributed by atoms with Crippen LogP contribution in [-0.2, 0) is 6.54 Å². The smallest absolute Gasteiger partial charge is 0.281 e. The van der Waals surface area contributed by atoms with Crippen molar-refractivity contribution in [3.63, 3.8) is 0 Å². The molecule has 0 bridgehead atoms. The molecule has 0 fully saturated rings. The van der Waals surface area contributed by atoms with Gasteiger partial charge in [-0.05, 0) is 35.7 Å². The molecule has 8 heteroatoms. The van der Waals surface area contributed by atoms with Gasteiger partial charge in [-0.1, -0.05) is 6.07 Å². The first-order chi connectivity index (χ1) is 12.3. The highest BCUT2D eigenvalue weighted by molar-refractivity contribution is 7.09. The van der Waals surface area contributed by atoms with E-state index in [1.807, 2.05) is 17.5 Å². The molecule has 4 aromatic rings. The Morgan fingerprint density at radius 1 is 1.20 bits per heavy atom. The zero-order chi connectivity index (χ0) is 17.1. The Morgan fingerprint density at radius 2 is 2.08 bits per heavy atom. The molecule has 0 spiro atoms. The monoisotopic (exact) mass is 351 g/mol. The van der Waals surface area contributed by atoms with Gasteiger partial charge in [0.05, 0.1) is 12.8 Å². The van der Waals surface area contributed by atoms with Gasteiger partial charge in [0.2, 0.25) is 11.8 Å². The molecule has 0 saturated carbocycles. The topological polar surface area (TPSA) is 85.8 Å². The largest absolute Gasteiger partial charge is 0.461 e. The van der Waals surface area contributed by atoms with Crippen molar-refractivity contribution in [2.75, 3.05) is 5.32 Å². The van der Waals surface area contributed by atoms with Gasteiger partial charge in [-0.3, -0.25) is 9.78 Å². The summed E-state index contributed by atoms with van der Waals surface area (Å²) in [6.45, 7) is 0.553. The molecule has 0 aliphatic carbocycles. The Bertz CT molecular complexity index is 962. The molecule has 25 heavy (non-hydrogen) atoms. The first-order valence-corrected chi connectivity index (χ1v) is 8.41. The SMILES string of the molecule is O=C(c1ccncc1)n1nc(-c2ccco2)nc1NCc1cccs1. The van der Waals surface area contributed by atoms with Crippen LogP contribution in [0.1, 0.15) is 15.2 Å². The van der Waals surface area contributed by atoms with E-state index in [0.717, 1.165) is 4.88 Å². The molecule has 124 valence electrons. The van der Waals surface area contributed by atoms with E-state index in [9.17, 15) is 4.79 Å². The first kappa shape index (κ1) is 15.3. The second-order valence-corrected chi connectivity index (χ2v) is 6.15. The zero-order valence-corrected chi connectivity index (χ0v) is 13.8. The highest BCUT2D eigenvalue weighted by Crippen LogP contribution is 2.20. The number of anilines is 1. The molecular formula is C17H13N5O2S. The maximum Gasteiger partial charge on any atom is 0.281 e. The quantitative estimate of drug-likeness (QED) is 0.594. The number of pyridine rings is 1. The lowest BCUT2D eigenvalue weighted by molar-refractivity contribution is 0.0947. The van der Waals surface area contributed by atoms with E-state index in [1.165, 1.54) is 4.68 Å². The Balaban J connectivity index is 1.69. The number of carbonyl (C=O) groups is 1. The van der Waals surface area contributed by atoms with E-state index in [1.54, 1.807) is 54.3 Å². The average Bonchev–Trinajstić information content (AvgIpc) is 3.41. The van der Waals surface area contributed by atoms with Gasteiger partial charge < -0.3 is 9.73 Å². The lowest BCUT2D eigenvalue weighted by atomic mass is 10.2. The number of rotatable bonds is 5. The fourth-order valence-electron chi connectivity index (χ4n) is 2.27. The molecule has 0 aliphatic rings. The number of thiophene rings is 1. The van der Waals surface area contributed by atoms with E-state index in [-0.39, 0.29) is 5.91 Å². The normalized spacial score (nSPS) is 10.7. The van der Waals surface area contributed by atoms with E-state index >= 15 is 0 Å². The minimum Gasteiger partial charge on any atom is -0.461 e. The van der Waals surface area contributed by atoms with Crippen LogP contribution in [0.3, 0.4) is 0 Å². The second-order valence-electron chi connectivity index (χ2n) is 5.12.